The molecular weight excluding hydrogens is 372 g/mol. The first-order valence-corrected chi connectivity index (χ1v) is 9.66. The van der Waals surface area contributed by atoms with Gasteiger partial charge in [-0.15, -0.1) is 11.3 Å². The van der Waals surface area contributed by atoms with Gasteiger partial charge in [0, 0.05) is 19.1 Å². The van der Waals surface area contributed by atoms with Crippen LogP contribution < -0.4 is 10.6 Å². The average Bonchev–Trinajstić information content (AvgIpc) is 3.18. The highest BCUT2D eigenvalue weighted by Crippen LogP contribution is 2.19. The zero-order valence-electron chi connectivity index (χ0n) is 14.7. The van der Waals surface area contributed by atoms with Crippen molar-refractivity contribution in [2.45, 2.75) is 25.3 Å². The summed E-state index contributed by atoms with van der Waals surface area (Å²) in [5.74, 6) is -0.532. The van der Waals surface area contributed by atoms with Gasteiger partial charge in [-0.05, 0) is 36.4 Å². The van der Waals surface area contributed by atoms with Crippen molar-refractivity contribution in [2.75, 3.05) is 25.0 Å². The van der Waals surface area contributed by atoms with Gasteiger partial charge in [-0.3, -0.25) is 14.5 Å². The van der Waals surface area contributed by atoms with Gasteiger partial charge in [0.05, 0.1) is 22.7 Å². The third kappa shape index (κ3) is 5.33. The highest BCUT2D eigenvalue weighted by Gasteiger charge is 2.24. The molecule has 27 heavy (non-hydrogen) atoms. The molecule has 1 aromatic carbocycles. The van der Waals surface area contributed by atoms with Gasteiger partial charge < -0.3 is 10.6 Å². The minimum atomic E-state index is -2.34. The van der Waals surface area contributed by atoms with Gasteiger partial charge in [-0.1, -0.05) is 18.2 Å². The summed E-state index contributed by atoms with van der Waals surface area (Å²) in [6.45, 7) is 0.844. The summed E-state index contributed by atoms with van der Waals surface area (Å²) in [6, 6.07) is 10.3. The Bertz CT molecular complexity index is 775. The Kier molecular flexibility index (Phi) is 6.52. The number of piperidine rings is 1. The van der Waals surface area contributed by atoms with Crippen LogP contribution in [0.5, 0.6) is 0 Å². The first kappa shape index (κ1) is 19.4. The summed E-state index contributed by atoms with van der Waals surface area (Å²) in [4.78, 5) is 27.2. The van der Waals surface area contributed by atoms with Crippen LogP contribution in [-0.2, 0) is 0 Å². The molecule has 2 aromatic rings. The van der Waals surface area contributed by atoms with E-state index in [1.807, 2.05) is 5.38 Å². The maximum atomic E-state index is 12.7. The fourth-order valence-electron chi connectivity index (χ4n) is 3.10. The van der Waals surface area contributed by atoms with Gasteiger partial charge in [-0.2, -0.15) is 0 Å². The molecular formula is C19H21F2N3O2S. The molecule has 2 heterocycles. The lowest BCUT2D eigenvalue weighted by Crippen LogP contribution is -2.45. The van der Waals surface area contributed by atoms with E-state index < -0.39 is 6.43 Å². The Labute approximate surface area is 160 Å². The number of nitrogens with zero attached hydrogens (tertiary/aromatic N) is 1. The second-order valence-electron chi connectivity index (χ2n) is 6.42. The molecule has 1 saturated heterocycles. The molecule has 144 valence electrons. The Morgan fingerprint density at radius 2 is 1.85 bits per heavy atom. The largest absolute Gasteiger partial charge is 0.349 e. The Morgan fingerprint density at radius 3 is 2.52 bits per heavy atom. The maximum absolute atomic E-state index is 12.7. The number of carbonyl (C=O) groups is 2. The summed E-state index contributed by atoms with van der Waals surface area (Å²) in [7, 11) is 0. The van der Waals surface area contributed by atoms with Crippen molar-refractivity contribution in [3.8, 4) is 0 Å². The average molecular weight is 393 g/mol. The maximum Gasteiger partial charge on any atom is 0.265 e. The van der Waals surface area contributed by atoms with E-state index >= 15 is 0 Å². The molecule has 3 rings (SSSR count). The second kappa shape index (κ2) is 9.05. The molecule has 1 fully saturated rings. The lowest BCUT2D eigenvalue weighted by Gasteiger charge is -2.32. The molecule has 8 heteroatoms. The molecule has 0 atom stereocenters. The standard InChI is InChI=1S/C19H21F2N3O2S/c20-17(21)12-24-9-7-13(8-10-24)22-18(25)14-4-1-2-5-15(14)23-19(26)16-6-3-11-27-16/h1-6,11,13,17H,7-10,12H2,(H,22,25)(H,23,26). The summed E-state index contributed by atoms with van der Waals surface area (Å²) < 4.78 is 24.9. The molecule has 1 aliphatic rings. The first-order valence-electron chi connectivity index (χ1n) is 8.78. The van der Waals surface area contributed by atoms with Gasteiger partial charge in [0.15, 0.2) is 0 Å². The summed E-state index contributed by atoms with van der Waals surface area (Å²) >= 11 is 1.33. The van der Waals surface area contributed by atoms with Crippen molar-refractivity contribution < 1.29 is 18.4 Å². The zero-order chi connectivity index (χ0) is 19.2. The first-order chi connectivity index (χ1) is 13.0. The number of amides is 2. The van der Waals surface area contributed by atoms with Crippen LogP contribution in [0.25, 0.3) is 0 Å². The summed E-state index contributed by atoms with van der Waals surface area (Å²) in [6.07, 6.45) is -1.08. The monoisotopic (exact) mass is 393 g/mol. The number of para-hydroxylation sites is 1. The van der Waals surface area contributed by atoms with E-state index in [2.05, 4.69) is 10.6 Å². The Morgan fingerprint density at radius 1 is 1.11 bits per heavy atom. The molecule has 1 aliphatic heterocycles. The lowest BCUT2D eigenvalue weighted by molar-refractivity contribution is 0.0696. The number of benzene rings is 1. The van der Waals surface area contributed by atoms with Gasteiger partial charge >= 0.3 is 0 Å². The number of rotatable bonds is 6. The third-order valence-electron chi connectivity index (χ3n) is 4.48. The summed E-state index contributed by atoms with van der Waals surface area (Å²) in [5, 5.41) is 7.55. The second-order valence-corrected chi connectivity index (χ2v) is 7.36. The predicted octanol–water partition coefficient (Wildman–Crippen LogP) is 3.46. The molecule has 1 aromatic heterocycles. The molecule has 0 radical (unpaired) electrons. The van der Waals surface area contributed by atoms with Gasteiger partial charge in [-0.25, -0.2) is 8.78 Å². The minimum Gasteiger partial charge on any atom is -0.349 e. The van der Waals surface area contributed by atoms with E-state index in [-0.39, 0.29) is 24.4 Å². The molecule has 0 aliphatic carbocycles. The highest BCUT2D eigenvalue weighted by molar-refractivity contribution is 7.12. The number of alkyl halides is 2. The van der Waals surface area contributed by atoms with Crippen LogP contribution in [0.2, 0.25) is 0 Å². The van der Waals surface area contributed by atoms with E-state index in [9.17, 15) is 18.4 Å². The number of hydrogen-bond donors (Lipinski definition) is 2. The van der Waals surface area contributed by atoms with Crippen LogP contribution in [0, 0.1) is 0 Å². The normalized spacial score (nSPS) is 15.7. The van der Waals surface area contributed by atoms with E-state index in [1.54, 1.807) is 41.3 Å². The SMILES string of the molecule is O=C(Nc1ccccc1C(=O)NC1CCN(CC(F)F)CC1)c1cccs1. The Hall–Kier alpha value is -2.32. The quantitative estimate of drug-likeness (QED) is 0.790. The van der Waals surface area contributed by atoms with E-state index in [1.165, 1.54) is 11.3 Å². The fraction of sp³-hybridized carbons (Fsp3) is 0.368. The number of anilines is 1. The third-order valence-corrected chi connectivity index (χ3v) is 5.35. The van der Waals surface area contributed by atoms with Crippen LogP contribution in [0.15, 0.2) is 41.8 Å². The van der Waals surface area contributed by atoms with Crippen molar-refractivity contribution in [1.29, 1.82) is 0 Å². The number of halogens is 2. The molecule has 0 unspecified atom stereocenters. The van der Waals surface area contributed by atoms with Gasteiger partial charge in [0.1, 0.15) is 0 Å². The molecule has 0 bridgehead atoms. The van der Waals surface area contributed by atoms with Crippen molar-refractivity contribution >= 4 is 28.8 Å². The van der Waals surface area contributed by atoms with Crippen molar-refractivity contribution in [2.24, 2.45) is 0 Å². The van der Waals surface area contributed by atoms with Crippen LogP contribution in [0.1, 0.15) is 32.9 Å². The zero-order valence-corrected chi connectivity index (χ0v) is 15.5. The van der Waals surface area contributed by atoms with Crippen LogP contribution >= 0.6 is 11.3 Å². The molecule has 2 amide bonds. The van der Waals surface area contributed by atoms with E-state index in [0.717, 1.165) is 0 Å². The van der Waals surface area contributed by atoms with Crippen molar-refractivity contribution in [1.82, 2.24) is 10.2 Å². The summed E-state index contributed by atoms with van der Waals surface area (Å²) in [5.41, 5.74) is 0.834. The predicted molar refractivity (Wildman–Crippen MR) is 102 cm³/mol. The molecule has 5 nitrogen and oxygen atoms in total. The van der Waals surface area contributed by atoms with Gasteiger partial charge in [0.25, 0.3) is 18.2 Å². The van der Waals surface area contributed by atoms with Crippen LogP contribution in [-0.4, -0.2) is 48.8 Å². The van der Waals surface area contributed by atoms with E-state index in [4.69, 9.17) is 0 Å². The van der Waals surface area contributed by atoms with Crippen molar-refractivity contribution in [3.05, 3.63) is 52.2 Å². The number of carbonyl (C=O) groups excluding carboxylic acids is 2. The van der Waals surface area contributed by atoms with E-state index in [0.29, 0.717) is 42.1 Å². The molecule has 0 saturated carbocycles. The number of hydrogen-bond acceptors (Lipinski definition) is 4. The lowest BCUT2D eigenvalue weighted by atomic mass is 10.0. The van der Waals surface area contributed by atoms with Gasteiger partial charge in [0.2, 0.25) is 0 Å². The fourth-order valence-corrected chi connectivity index (χ4v) is 3.72. The molecule has 0 spiro atoms. The number of likely N-dealkylation sites (tertiary alicyclic amines) is 1. The highest BCUT2D eigenvalue weighted by atomic mass is 32.1. The topological polar surface area (TPSA) is 61.4 Å². The van der Waals surface area contributed by atoms with Crippen molar-refractivity contribution in [3.63, 3.8) is 0 Å². The smallest absolute Gasteiger partial charge is 0.265 e. The van der Waals surface area contributed by atoms with Crippen LogP contribution in [0.3, 0.4) is 0 Å². The number of thiophene rings is 1. The number of nitrogens with one attached hydrogen (secondary N) is 2. The van der Waals surface area contributed by atoms with Crippen LogP contribution in [0.4, 0.5) is 14.5 Å². The molecule has 2 N–H and O–H groups in total. The minimum absolute atomic E-state index is 0.0625. The Balaban J connectivity index is 1.60.